The molecule has 154 valence electrons. The van der Waals surface area contributed by atoms with Crippen LogP contribution < -0.4 is 5.56 Å². The Hall–Kier alpha value is -2.71. The van der Waals surface area contributed by atoms with Crippen LogP contribution in [0.15, 0.2) is 35.5 Å². The lowest BCUT2D eigenvalue weighted by Crippen LogP contribution is -2.39. The van der Waals surface area contributed by atoms with Crippen LogP contribution in [-0.2, 0) is 10.5 Å². The smallest absolute Gasteiger partial charge is 0.281 e. The first-order chi connectivity index (χ1) is 14.5. The predicted octanol–water partition coefficient (Wildman–Crippen LogP) is 3.49. The molecule has 3 unspecified atom stereocenters. The summed E-state index contributed by atoms with van der Waals surface area (Å²) < 4.78 is 11.3. The summed E-state index contributed by atoms with van der Waals surface area (Å²) in [4.78, 5) is 18.5. The normalized spacial score (nSPS) is 26.1. The standard InChI is InChI=1S/C21H21ClN6O2/c1-12-9-13(12)16-10-24-25-28(16)19-18-20(29)27(21(2)7-4-8-30-21)17-14(22)5-3-6-15(17)26(18)11-23-19/h3,5-6,10-13H,4,7-9H2,1-2H3. The number of benzene rings is 1. The van der Waals surface area contributed by atoms with Crippen molar-refractivity contribution in [3.63, 3.8) is 0 Å². The van der Waals surface area contributed by atoms with E-state index in [1.165, 1.54) is 0 Å². The van der Waals surface area contributed by atoms with Crippen molar-refractivity contribution in [1.82, 2.24) is 28.9 Å². The van der Waals surface area contributed by atoms with E-state index in [1.807, 2.05) is 19.1 Å². The topological polar surface area (TPSA) is 79.2 Å². The highest BCUT2D eigenvalue weighted by Crippen LogP contribution is 2.47. The quantitative estimate of drug-likeness (QED) is 0.503. The Labute approximate surface area is 177 Å². The fraction of sp³-hybridized carbons (Fsp3) is 0.429. The van der Waals surface area contributed by atoms with Crippen molar-refractivity contribution in [2.45, 2.75) is 44.8 Å². The zero-order valence-corrected chi connectivity index (χ0v) is 17.5. The molecule has 0 amide bonds. The van der Waals surface area contributed by atoms with Gasteiger partial charge in [0.15, 0.2) is 11.3 Å². The van der Waals surface area contributed by atoms with Gasteiger partial charge in [-0.2, -0.15) is 4.68 Å². The maximum atomic E-state index is 13.9. The largest absolute Gasteiger partial charge is 0.355 e. The van der Waals surface area contributed by atoms with Crippen LogP contribution in [0, 0.1) is 5.92 Å². The molecule has 8 nitrogen and oxygen atoms in total. The number of ether oxygens (including phenoxy) is 1. The molecule has 1 aromatic carbocycles. The fourth-order valence-electron chi connectivity index (χ4n) is 4.79. The van der Waals surface area contributed by atoms with Crippen LogP contribution in [0.25, 0.3) is 22.4 Å². The second kappa shape index (κ2) is 6.15. The highest BCUT2D eigenvalue weighted by Gasteiger charge is 2.39. The molecule has 3 aromatic heterocycles. The lowest BCUT2D eigenvalue weighted by Gasteiger charge is -2.28. The Morgan fingerprint density at radius 3 is 2.87 bits per heavy atom. The van der Waals surface area contributed by atoms with Gasteiger partial charge >= 0.3 is 0 Å². The predicted molar refractivity (Wildman–Crippen MR) is 112 cm³/mol. The molecule has 4 aromatic rings. The van der Waals surface area contributed by atoms with Gasteiger partial charge in [-0.15, -0.1) is 5.10 Å². The van der Waals surface area contributed by atoms with Gasteiger partial charge in [-0.3, -0.25) is 13.8 Å². The summed E-state index contributed by atoms with van der Waals surface area (Å²) in [6.07, 6.45) is 6.15. The molecule has 9 heteroatoms. The average Bonchev–Trinajstić information content (AvgIpc) is 3.17. The molecule has 1 saturated carbocycles. The lowest BCUT2D eigenvalue weighted by atomic mass is 10.1. The minimum absolute atomic E-state index is 0.196. The second-order valence-electron chi connectivity index (χ2n) is 8.55. The van der Waals surface area contributed by atoms with E-state index in [1.54, 1.807) is 32.2 Å². The molecule has 0 spiro atoms. The third-order valence-corrected chi connectivity index (χ3v) is 6.84. The number of hydrogen-bond donors (Lipinski definition) is 0. The van der Waals surface area contributed by atoms with E-state index in [0.717, 1.165) is 30.5 Å². The first-order valence-electron chi connectivity index (χ1n) is 10.3. The van der Waals surface area contributed by atoms with Crippen LogP contribution in [0.2, 0.25) is 5.02 Å². The minimum atomic E-state index is -0.764. The van der Waals surface area contributed by atoms with Crippen molar-refractivity contribution in [3.05, 3.63) is 51.8 Å². The van der Waals surface area contributed by atoms with E-state index < -0.39 is 5.72 Å². The van der Waals surface area contributed by atoms with Crippen LogP contribution in [0.5, 0.6) is 0 Å². The molecular weight excluding hydrogens is 404 g/mol. The van der Waals surface area contributed by atoms with Gasteiger partial charge in [0.05, 0.1) is 27.9 Å². The van der Waals surface area contributed by atoms with Gasteiger partial charge in [0.2, 0.25) is 0 Å². The molecule has 1 saturated heterocycles. The zero-order valence-electron chi connectivity index (χ0n) is 16.7. The van der Waals surface area contributed by atoms with E-state index in [9.17, 15) is 4.79 Å². The van der Waals surface area contributed by atoms with Crippen molar-refractivity contribution in [2.24, 2.45) is 5.92 Å². The van der Waals surface area contributed by atoms with Crippen LogP contribution >= 0.6 is 11.6 Å². The van der Waals surface area contributed by atoms with Crippen LogP contribution in [0.1, 0.15) is 44.7 Å². The molecule has 0 N–H and O–H groups in total. The first kappa shape index (κ1) is 18.1. The first-order valence-corrected chi connectivity index (χ1v) is 10.6. The zero-order chi connectivity index (χ0) is 20.6. The Morgan fingerprint density at radius 2 is 2.13 bits per heavy atom. The Balaban J connectivity index is 1.72. The van der Waals surface area contributed by atoms with Gasteiger partial charge in [0, 0.05) is 12.5 Å². The summed E-state index contributed by atoms with van der Waals surface area (Å²) in [5, 5.41) is 8.89. The summed E-state index contributed by atoms with van der Waals surface area (Å²) in [5.41, 5.74) is 1.93. The highest BCUT2D eigenvalue weighted by atomic mass is 35.5. The molecule has 0 radical (unpaired) electrons. The van der Waals surface area contributed by atoms with Crippen LogP contribution in [0.4, 0.5) is 0 Å². The average molecular weight is 425 g/mol. The number of hydrogen-bond acceptors (Lipinski definition) is 5. The Bertz CT molecular complexity index is 1360. The van der Waals surface area contributed by atoms with Crippen molar-refractivity contribution < 1.29 is 4.74 Å². The number of halogens is 1. The van der Waals surface area contributed by atoms with Crippen molar-refractivity contribution in [3.8, 4) is 5.82 Å². The molecular formula is C21H21ClN6O2. The summed E-state index contributed by atoms with van der Waals surface area (Å²) in [6.45, 7) is 4.76. The van der Waals surface area contributed by atoms with E-state index in [4.69, 9.17) is 16.3 Å². The van der Waals surface area contributed by atoms with Gasteiger partial charge in [-0.1, -0.05) is 29.8 Å². The van der Waals surface area contributed by atoms with Gasteiger partial charge < -0.3 is 4.74 Å². The maximum absolute atomic E-state index is 13.9. The molecule has 4 heterocycles. The van der Waals surface area contributed by atoms with Crippen molar-refractivity contribution >= 4 is 28.2 Å². The molecule has 30 heavy (non-hydrogen) atoms. The Kier molecular flexibility index (Phi) is 3.71. The summed E-state index contributed by atoms with van der Waals surface area (Å²) in [5.74, 6) is 1.46. The third kappa shape index (κ3) is 2.37. The Morgan fingerprint density at radius 1 is 1.30 bits per heavy atom. The number of imidazole rings is 1. The van der Waals surface area contributed by atoms with E-state index >= 15 is 0 Å². The van der Waals surface area contributed by atoms with Gasteiger partial charge in [0.1, 0.15) is 12.1 Å². The van der Waals surface area contributed by atoms with Crippen LogP contribution in [-0.4, -0.2) is 35.6 Å². The lowest BCUT2D eigenvalue weighted by molar-refractivity contribution is -0.0447. The summed E-state index contributed by atoms with van der Waals surface area (Å²) >= 11 is 6.60. The van der Waals surface area contributed by atoms with Gasteiger partial charge in [-0.25, -0.2) is 4.98 Å². The summed E-state index contributed by atoms with van der Waals surface area (Å²) in [7, 11) is 0. The third-order valence-electron chi connectivity index (χ3n) is 6.54. The minimum Gasteiger partial charge on any atom is -0.355 e. The number of para-hydroxylation sites is 1. The summed E-state index contributed by atoms with van der Waals surface area (Å²) in [6, 6.07) is 5.62. The molecule has 0 bridgehead atoms. The van der Waals surface area contributed by atoms with Gasteiger partial charge in [0.25, 0.3) is 5.56 Å². The van der Waals surface area contributed by atoms with E-state index in [2.05, 4.69) is 22.2 Å². The number of nitrogens with zero attached hydrogens (tertiary/aromatic N) is 6. The molecule has 1 aliphatic heterocycles. The molecule has 6 rings (SSSR count). The molecule has 2 fully saturated rings. The van der Waals surface area contributed by atoms with Crippen LogP contribution in [0.3, 0.4) is 0 Å². The molecule has 2 aliphatic rings. The fourth-order valence-corrected chi connectivity index (χ4v) is 5.04. The van der Waals surface area contributed by atoms with Crippen molar-refractivity contribution in [2.75, 3.05) is 6.61 Å². The van der Waals surface area contributed by atoms with Gasteiger partial charge in [-0.05, 0) is 44.2 Å². The van der Waals surface area contributed by atoms with E-state index in [0.29, 0.717) is 40.3 Å². The monoisotopic (exact) mass is 424 g/mol. The van der Waals surface area contributed by atoms with E-state index in [-0.39, 0.29) is 5.56 Å². The maximum Gasteiger partial charge on any atom is 0.281 e. The SMILES string of the molecule is CC1CC1c1cnnn1-c1ncn2c1c(=O)n(C1(C)CCCO1)c1c(Cl)cccc12. The van der Waals surface area contributed by atoms with Crippen molar-refractivity contribution in [1.29, 1.82) is 0 Å². The second-order valence-corrected chi connectivity index (χ2v) is 8.96. The molecule has 1 aliphatic carbocycles. The highest BCUT2D eigenvalue weighted by molar-refractivity contribution is 6.35. The number of rotatable bonds is 3. The number of aromatic nitrogens is 6. The number of fused-ring (bicyclic) bond motifs is 3. The molecule has 3 atom stereocenters.